The van der Waals surface area contributed by atoms with Crippen molar-refractivity contribution >= 4 is 39.7 Å². The Hall–Kier alpha value is -2.41. The van der Waals surface area contributed by atoms with Crippen LogP contribution in [-0.2, 0) is 0 Å². The Kier molecular flexibility index (Phi) is 4.63. The van der Waals surface area contributed by atoms with Gasteiger partial charge in [0, 0.05) is 20.5 Å². The molecule has 0 aliphatic carbocycles. The van der Waals surface area contributed by atoms with E-state index in [-0.39, 0.29) is 5.82 Å². The van der Waals surface area contributed by atoms with Gasteiger partial charge in [-0.15, -0.1) is 0 Å². The molecule has 4 rings (SSSR count). The Morgan fingerprint density at radius 1 is 0.963 bits per heavy atom. The number of nitrogens with zero attached hydrogens (tertiary/aromatic N) is 2. The van der Waals surface area contributed by atoms with Crippen molar-refractivity contribution in [2.24, 2.45) is 0 Å². The highest BCUT2D eigenvalue weighted by Gasteiger charge is 2.19. The molecular formula is C22H19FIN3. The number of aromatic nitrogens is 2. The van der Waals surface area contributed by atoms with Crippen LogP contribution in [0, 0.1) is 30.2 Å². The molecule has 0 aliphatic heterocycles. The first-order valence-corrected chi connectivity index (χ1v) is 9.80. The predicted molar refractivity (Wildman–Crippen MR) is 117 cm³/mol. The van der Waals surface area contributed by atoms with Gasteiger partial charge in [-0.1, -0.05) is 24.3 Å². The molecule has 2 aromatic carbocycles. The van der Waals surface area contributed by atoms with Gasteiger partial charge in [0.2, 0.25) is 0 Å². The van der Waals surface area contributed by atoms with Crippen molar-refractivity contribution in [3.05, 3.63) is 80.8 Å². The molecular weight excluding hydrogens is 452 g/mol. The number of para-hydroxylation sites is 1. The molecule has 0 radical (unpaired) electrons. The molecule has 0 fully saturated rings. The van der Waals surface area contributed by atoms with E-state index in [9.17, 15) is 4.39 Å². The molecule has 2 aromatic heterocycles. The fourth-order valence-corrected chi connectivity index (χ4v) is 4.10. The molecule has 0 unspecified atom stereocenters. The monoisotopic (exact) mass is 471 g/mol. The van der Waals surface area contributed by atoms with Crippen molar-refractivity contribution in [2.45, 2.75) is 20.8 Å². The van der Waals surface area contributed by atoms with E-state index < -0.39 is 0 Å². The largest absolute Gasteiger partial charge is 0.339 e. The van der Waals surface area contributed by atoms with Gasteiger partial charge in [0.15, 0.2) is 0 Å². The maximum Gasteiger partial charge on any atom is 0.143 e. The number of nitrogens with one attached hydrogen (secondary N) is 1. The second-order valence-electron chi connectivity index (χ2n) is 6.69. The molecule has 0 atom stereocenters. The minimum absolute atomic E-state index is 0.243. The third-order valence-corrected chi connectivity index (χ3v) is 5.64. The molecule has 0 saturated carbocycles. The summed E-state index contributed by atoms with van der Waals surface area (Å²) in [5.74, 6) is 0.650. The Balaban J connectivity index is 2.00. The van der Waals surface area contributed by atoms with Crippen LogP contribution < -0.4 is 5.32 Å². The SMILES string of the molecule is Cc1cccc(C)c1Nc1c(-c2ccc(F)cc2I)nc2cccc(C)n12. The number of hydrogen-bond acceptors (Lipinski definition) is 2. The van der Waals surface area contributed by atoms with Crippen molar-refractivity contribution in [3.63, 3.8) is 0 Å². The molecule has 0 amide bonds. The zero-order chi connectivity index (χ0) is 19.1. The Morgan fingerprint density at radius 3 is 2.37 bits per heavy atom. The molecule has 1 N–H and O–H groups in total. The molecule has 5 heteroatoms. The lowest BCUT2D eigenvalue weighted by molar-refractivity contribution is 0.627. The van der Waals surface area contributed by atoms with Crippen LogP contribution in [0.1, 0.15) is 16.8 Å². The summed E-state index contributed by atoms with van der Waals surface area (Å²) in [6, 6.07) is 17.1. The number of imidazole rings is 1. The third kappa shape index (κ3) is 3.20. The second kappa shape index (κ2) is 6.96. The van der Waals surface area contributed by atoms with E-state index >= 15 is 0 Å². The summed E-state index contributed by atoms with van der Waals surface area (Å²) in [7, 11) is 0. The third-order valence-electron chi connectivity index (χ3n) is 4.75. The number of halogens is 2. The maximum absolute atomic E-state index is 13.6. The Morgan fingerprint density at radius 2 is 1.67 bits per heavy atom. The number of anilines is 2. The van der Waals surface area contributed by atoms with E-state index in [1.165, 1.54) is 23.3 Å². The molecule has 2 heterocycles. The smallest absolute Gasteiger partial charge is 0.143 e. The second-order valence-corrected chi connectivity index (χ2v) is 7.85. The standard InChI is InChI=1S/C22H19FIN3/c1-13-6-4-7-14(2)20(13)26-22-21(17-11-10-16(23)12-18(17)24)25-19-9-5-8-15(3)27(19)22/h4-12,26H,1-3H3. The Labute approximate surface area is 171 Å². The highest BCUT2D eigenvalue weighted by Crippen LogP contribution is 2.36. The first-order chi connectivity index (χ1) is 13.0. The minimum Gasteiger partial charge on any atom is -0.339 e. The van der Waals surface area contributed by atoms with Gasteiger partial charge in [-0.2, -0.15) is 0 Å². The van der Waals surface area contributed by atoms with Crippen LogP contribution in [0.4, 0.5) is 15.9 Å². The fraction of sp³-hybridized carbons (Fsp3) is 0.136. The summed E-state index contributed by atoms with van der Waals surface area (Å²) in [4.78, 5) is 4.86. The van der Waals surface area contributed by atoms with Gasteiger partial charge in [0.25, 0.3) is 0 Å². The number of hydrogen-bond donors (Lipinski definition) is 1. The van der Waals surface area contributed by atoms with Gasteiger partial charge >= 0.3 is 0 Å². The van der Waals surface area contributed by atoms with Crippen LogP contribution in [0.15, 0.2) is 54.6 Å². The highest BCUT2D eigenvalue weighted by molar-refractivity contribution is 14.1. The molecule has 0 aliphatic rings. The van der Waals surface area contributed by atoms with Crippen LogP contribution in [0.3, 0.4) is 0 Å². The van der Waals surface area contributed by atoms with Crippen molar-refractivity contribution < 1.29 is 4.39 Å². The lowest BCUT2D eigenvalue weighted by Gasteiger charge is -2.15. The molecule has 0 spiro atoms. The van der Waals surface area contributed by atoms with Crippen molar-refractivity contribution in [3.8, 4) is 11.3 Å². The topological polar surface area (TPSA) is 29.3 Å². The summed E-state index contributed by atoms with van der Waals surface area (Å²) in [5.41, 5.74) is 7.07. The van der Waals surface area contributed by atoms with Gasteiger partial charge in [0.1, 0.15) is 23.0 Å². The number of rotatable bonds is 3. The minimum atomic E-state index is -0.243. The zero-order valence-electron chi connectivity index (χ0n) is 15.3. The summed E-state index contributed by atoms with van der Waals surface area (Å²) < 4.78 is 16.6. The first-order valence-electron chi connectivity index (χ1n) is 8.72. The van der Waals surface area contributed by atoms with Gasteiger partial charge in [-0.25, -0.2) is 9.37 Å². The average Bonchev–Trinajstić information content (AvgIpc) is 2.98. The summed E-state index contributed by atoms with van der Waals surface area (Å²) in [6.07, 6.45) is 0. The van der Waals surface area contributed by atoms with E-state index in [1.54, 1.807) is 6.07 Å². The number of aryl methyl sites for hydroxylation is 3. The highest BCUT2D eigenvalue weighted by atomic mass is 127. The van der Waals surface area contributed by atoms with Gasteiger partial charge < -0.3 is 5.32 Å². The van der Waals surface area contributed by atoms with E-state index in [1.807, 2.05) is 12.1 Å². The van der Waals surface area contributed by atoms with E-state index in [2.05, 4.69) is 77.3 Å². The summed E-state index contributed by atoms with van der Waals surface area (Å²) >= 11 is 2.17. The number of benzene rings is 2. The van der Waals surface area contributed by atoms with Gasteiger partial charge in [0.05, 0.1) is 0 Å². The summed E-state index contributed by atoms with van der Waals surface area (Å²) in [6.45, 7) is 6.24. The lowest BCUT2D eigenvalue weighted by Crippen LogP contribution is -2.02. The molecule has 3 nitrogen and oxygen atoms in total. The van der Waals surface area contributed by atoms with E-state index in [4.69, 9.17) is 4.98 Å². The fourth-order valence-electron chi connectivity index (χ4n) is 3.37. The van der Waals surface area contributed by atoms with Gasteiger partial charge in [-0.3, -0.25) is 4.40 Å². The van der Waals surface area contributed by atoms with Crippen LogP contribution >= 0.6 is 22.6 Å². The van der Waals surface area contributed by atoms with Crippen LogP contribution in [0.5, 0.6) is 0 Å². The predicted octanol–water partition coefficient (Wildman–Crippen LogP) is 6.41. The zero-order valence-corrected chi connectivity index (χ0v) is 17.5. The van der Waals surface area contributed by atoms with E-state index in [0.717, 1.165) is 37.7 Å². The molecule has 0 bridgehead atoms. The molecule has 27 heavy (non-hydrogen) atoms. The maximum atomic E-state index is 13.6. The quantitative estimate of drug-likeness (QED) is 0.350. The Bertz CT molecular complexity index is 1140. The van der Waals surface area contributed by atoms with Crippen LogP contribution in [-0.4, -0.2) is 9.38 Å². The number of fused-ring (bicyclic) bond motifs is 1. The molecule has 4 aromatic rings. The lowest BCUT2D eigenvalue weighted by atomic mass is 10.1. The number of pyridine rings is 1. The van der Waals surface area contributed by atoms with Crippen molar-refractivity contribution in [2.75, 3.05) is 5.32 Å². The molecule has 0 saturated heterocycles. The van der Waals surface area contributed by atoms with E-state index in [0.29, 0.717) is 0 Å². The average molecular weight is 471 g/mol. The van der Waals surface area contributed by atoms with Crippen LogP contribution in [0.2, 0.25) is 0 Å². The summed E-state index contributed by atoms with van der Waals surface area (Å²) in [5, 5.41) is 3.62. The molecule has 136 valence electrons. The van der Waals surface area contributed by atoms with Crippen LogP contribution in [0.25, 0.3) is 16.9 Å². The first kappa shape index (κ1) is 18.0. The van der Waals surface area contributed by atoms with Crippen molar-refractivity contribution in [1.29, 1.82) is 0 Å². The van der Waals surface area contributed by atoms with Crippen molar-refractivity contribution in [1.82, 2.24) is 9.38 Å². The normalized spacial score (nSPS) is 11.1. The van der Waals surface area contributed by atoms with Gasteiger partial charge in [-0.05, 0) is 84.8 Å².